The number of carboxylic acid groups (broad SMARTS) is 1. The van der Waals surface area contributed by atoms with Crippen molar-refractivity contribution in [2.24, 2.45) is 44.6 Å². The Bertz CT molecular complexity index is 1350. The van der Waals surface area contributed by atoms with Gasteiger partial charge in [-0.3, -0.25) is 24.4 Å². The molecule has 0 saturated carbocycles. The number of H-pyrrole nitrogens is 1. The molecule has 3 amide bonds. The standard InChI is InChI=1S/C29H47N11O5/c1-3-16(2)23(26(43)39-22(27(44)45)14-17-15-37-20-10-5-4-8-18(17)20)40-25(42)21(11-7-13-36-29(33)34)38-24(41)19(30)9-6-12-35-28(31)32/h4-5,8,10,15-16,19,21-23,37H,3,6-7,9,11-14,30H2,1-2H3,(H,38,41)(H,39,43)(H,40,42)(H,44,45)(H4,31,32,35)(H4,33,34,36). The molecule has 2 aromatic rings. The number of hydrogen-bond donors (Lipinski definition) is 10. The summed E-state index contributed by atoms with van der Waals surface area (Å²) in [6.07, 6.45) is 3.41. The van der Waals surface area contributed by atoms with Crippen LogP contribution in [0.3, 0.4) is 0 Å². The van der Waals surface area contributed by atoms with Crippen LogP contribution in [0.15, 0.2) is 40.4 Å². The number of nitrogens with two attached hydrogens (primary N) is 5. The van der Waals surface area contributed by atoms with Gasteiger partial charge in [-0.05, 0) is 43.2 Å². The number of aliphatic carboxylic acids is 1. The van der Waals surface area contributed by atoms with Crippen molar-refractivity contribution in [2.75, 3.05) is 13.1 Å². The lowest BCUT2D eigenvalue weighted by molar-refractivity contribution is -0.142. The van der Waals surface area contributed by atoms with Gasteiger partial charge >= 0.3 is 5.97 Å². The van der Waals surface area contributed by atoms with E-state index in [0.29, 0.717) is 19.3 Å². The Kier molecular flexibility index (Phi) is 14.6. The van der Waals surface area contributed by atoms with E-state index in [2.05, 4.69) is 30.9 Å². The summed E-state index contributed by atoms with van der Waals surface area (Å²) in [7, 11) is 0. The Morgan fingerprint density at radius 3 is 2.07 bits per heavy atom. The first-order valence-electron chi connectivity index (χ1n) is 14.9. The fourth-order valence-corrected chi connectivity index (χ4v) is 4.64. The maximum Gasteiger partial charge on any atom is 0.326 e. The Hall–Kier alpha value is -4.86. The van der Waals surface area contributed by atoms with Crippen LogP contribution in [-0.4, -0.2) is 83.0 Å². The molecule has 0 aliphatic rings. The summed E-state index contributed by atoms with van der Waals surface area (Å²) in [4.78, 5) is 62.9. The molecule has 16 nitrogen and oxygen atoms in total. The molecule has 2 rings (SSSR count). The van der Waals surface area contributed by atoms with E-state index >= 15 is 0 Å². The molecule has 0 aliphatic carbocycles. The number of guanidine groups is 2. The fourth-order valence-electron chi connectivity index (χ4n) is 4.64. The molecule has 1 aromatic carbocycles. The van der Waals surface area contributed by atoms with Crippen molar-refractivity contribution in [1.82, 2.24) is 20.9 Å². The highest BCUT2D eigenvalue weighted by Crippen LogP contribution is 2.19. The minimum atomic E-state index is -1.26. The monoisotopic (exact) mass is 629 g/mol. The van der Waals surface area contributed by atoms with Gasteiger partial charge < -0.3 is 54.7 Å². The molecule has 5 unspecified atom stereocenters. The van der Waals surface area contributed by atoms with E-state index < -0.39 is 47.9 Å². The number of aromatic amines is 1. The van der Waals surface area contributed by atoms with Crippen molar-refractivity contribution in [2.45, 2.75) is 76.5 Å². The Balaban J connectivity index is 2.18. The van der Waals surface area contributed by atoms with Crippen molar-refractivity contribution in [3.05, 3.63) is 36.0 Å². The summed E-state index contributed by atoms with van der Waals surface area (Å²) in [5.74, 6) is -3.64. The van der Waals surface area contributed by atoms with Crippen molar-refractivity contribution >= 4 is 46.5 Å². The molecule has 0 bridgehead atoms. The molecule has 248 valence electrons. The van der Waals surface area contributed by atoms with E-state index in [0.717, 1.165) is 16.5 Å². The average molecular weight is 630 g/mol. The van der Waals surface area contributed by atoms with Crippen LogP contribution in [0.5, 0.6) is 0 Å². The summed E-state index contributed by atoms with van der Waals surface area (Å²) >= 11 is 0. The zero-order valence-electron chi connectivity index (χ0n) is 25.8. The number of nitrogens with zero attached hydrogens (tertiary/aromatic N) is 2. The van der Waals surface area contributed by atoms with E-state index in [1.54, 1.807) is 13.1 Å². The fraction of sp³-hybridized carbons (Fsp3) is 0.517. The van der Waals surface area contributed by atoms with Crippen LogP contribution in [0.1, 0.15) is 51.5 Å². The second-order valence-corrected chi connectivity index (χ2v) is 10.9. The number of rotatable bonds is 19. The molecule has 0 radical (unpaired) electrons. The number of carbonyl (C=O) groups is 4. The number of aromatic nitrogens is 1. The maximum atomic E-state index is 13.5. The van der Waals surface area contributed by atoms with Crippen LogP contribution < -0.4 is 44.6 Å². The van der Waals surface area contributed by atoms with Gasteiger partial charge in [0.1, 0.15) is 18.1 Å². The smallest absolute Gasteiger partial charge is 0.326 e. The van der Waals surface area contributed by atoms with Gasteiger partial charge in [0.25, 0.3) is 0 Å². The molecular weight excluding hydrogens is 582 g/mol. The minimum absolute atomic E-state index is 0.0246. The highest BCUT2D eigenvalue weighted by molar-refractivity contribution is 5.94. The lowest BCUT2D eigenvalue weighted by atomic mass is 9.96. The number of amides is 3. The lowest BCUT2D eigenvalue weighted by Gasteiger charge is -2.28. The predicted octanol–water partition coefficient (Wildman–Crippen LogP) is -1.27. The number of aliphatic imine (C=N–C) groups is 2. The van der Waals surface area contributed by atoms with Gasteiger partial charge in [-0.1, -0.05) is 38.5 Å². The van der Waals surface area contributed by atoms with Gasteiger partial charge in [-0.2, -0.15) is 0 Å². The Morgan fingerprint density at radius 1 is 0.867 bits per heavy atom. The predicted molar refractivity (Wildman–Crippen MR) is 173 cm³/mol. The Morgan fingerprint density at radius 2 is 1.47 bits per heavy atom. The molecule has 0 spiro atoms. The van der Waals surface area contributed by atoms with Crippen molar-refractivity contribution in [1.29, 1.82) is 0 Å². The number of fused-ring (bicyclic) bond motifs is 1. The van der Waals surface area contributed by atoms with Crippen molar-refractivity contribution in [3.8, 4) is 0 Å². The zero-order valence-corrected chi connectivity index (χ0v) is 25.8. The van der Waals surface area contributed by atoms with E-state index in [9.17, 15) is 24.3 Å². The molecule has 0 aliphatic heterocycles. The SMILES string of the molecule is CCC(C)C(NC(=O)C(CCCN=C(N)N)NC(=O)C(N)CCCN=C(N)N)C(=O)NC(Cc1c[nH]c2ccccc12)C(=O)O. The van der Waals surface area contributed by atoms with Crippen molar-refractivity contribution < 1.29 is 24.3 Å². The van der Waals surface area contributed by atoms with Crippen LogP contribution in [0.25, 0.3) is 10.9 Å². The first-order chi connectivity index (χ1) is 21.3. The van der Waals surface area contributed by atoms with Gasteiger partial charge in [0, 0.05) is 36.6 Å². The summed E-state index contributed by atoms with van der Waals surface area (Å²) in [5, 5.41) is 18.8. The first kappa shape index (κ1) is 36.3. The summed E-state index contributed by atoms with van der Waals surface area (Å²) in [5.41, 5.74) is 29.0. The molecule has 5 atom stereocenters. The number of nitrogens with one attached hydrogen (secondary N) is 4. The van der Waals surface area contributed by atoms with Crippen molar-refractivity contribution in [3.63, 3.8) is 0 Å². The third-order valence-electron chi connectivity index (χ3n) is 7.39. The maximum absolute atomic E-state index is 13.5. The van der Waals surface area contributed by atoms with Gasteiger partial charge in [-0.25, -0.2) is 4.79 Å². The number of para-hydroxylation sites is 1. The molecular formula is C29H47N11O5. The molecule has 1 heterocycles. The molecule has 45 heavy (non-hydrogen) atoms. The number of benzene rings is 1. The van der Waals surface area contributed by atoms with E-state index in [1.165, 1.54) is 0 Å². The zero-order chi connectivity index (χ0) is 33.5. The second kappa shape index (κ2) is 18.1. The van der Waals surface area contributed by atoms with E-state index in [1.807, 2.05) is 31.2 Å². The van der Waals surface area contributed by atoms with Gasteiger partial charge in [0.05, 0.1) is 6.04 Å². The van der Waals surface area contributed by atoms with Crippen LogP contribution in [0.4, 0.5) is 0 Å². The third kappa shape index (κ3) is 12.0. The number of carboxylic acids is 1. The largest absolute Gasteiger partial charge is 0.480 e. The third-order valence-corrected chi connectivity index (χ3v) is 7.39. The highest BCUT2D eigenvalue weighted by atomic mass is 16.4. The van der Waals surface area contributed by atoms with Crippen LogP contribution >= 0.6 is 0 Å². The summed E-state index contributed by atoms with van der Waals surface area (Å²) in [6.45, 7) is 4.09. The van der Waals surface area contributed by atoms with Crippen LogP contribution in [0, 0.1) is 5.92 Å². The van der Waals surface area contributed by atoms with Gasteiger partial charge in [-0.15, -0.1) is 0 Å². The topological polar surface area (TPSA) is 295 Å². The highest BCUT2D eigenvalue weighted by Gasteiger charge is 2.33. The number of hydrogen-bond acceptors (Lipinski definition) is 7. The van der Waals surface area contributed by atoms with Gasteiger partial charge in [0.2, 0.25) is 17.7 Å². The average Bonchev–Trinajstić information content (AvgIpc) is 3.40. The Labute approximate surface area is 262 Å². The van der Waals surface area contributed by atoms with Crippen LogP contribution in [-0.2, 0) is 25.6 Å². The minimum Gasteiger partial charge on any atom is -0.480 e. The second-order valence-electron chi connectivity index (χ2n) is 10.9. The molecule has 0 fully saturated rings. The summed E-state index contributed by atoms with van der Waals surface area (Å²) < 4.78 is 0. The summed E-state index contributed by atoms with van der Waals surface area (Å²) in [6, 6.07) is 3.07. The van der Waals surface area contributed by atoms with Crippen LogP contribution in [0.2, 0.25) is 0 Å². The molecule has 16 heteroatoms. The first-order valence-corrected chi connectivity index (χ1v) is 14.9. The van der Waals surface area contributed by atoms with E-state index in [-0.39, 0.29) is 50.2 Å². The normalized spacial score (nSPS) is 14.3. The van der Waals surface area contributed by atoms with Gasteiger partial charge in [0.15, 0.2) is 11.9 Å². The lowest BCUT2D eigenvalue weighted by Crippen LogP contribution is -2.58. The molecule has 15 N–H and O–H groups in total. The molecule has 0 saturated heterocycles. The quantitative estimate of drug-likeness (QED) is 0.0499. The van der Waals surface area contributed by atoms with E-state index in [4.69, 9.17) is 28.7 Å². The molecule has 1 aromatic heterocycles. The number of carbonyl (C=O) groups excluding carboxylic acids is 3.